The molecule has 0 aliphatic rings. The number of hydrogen-bond acceptors (Lipinski definition) is 6. The monoisotopic (exact) mass is 300 g/mol. The summed E-state index contributed by atoms with van der Waals surface area (Å²) in [7, 11) is 0. The fourth-order valence-electron chi connectivity index (χ4n) is 1.61. The van der Waals surface area contributed by atoms with Crippen LogP contribution in [0.15, 0.2) is 24.4 Å². The van der Waals surface area contributed by atoms with Crippen LogP contribution in [0.25, 0.3) is 5.52 Å². The zero-order valence-corrected chi connectivity index (χ0v) is 13.0. The van der Waals surface area contributed by atoms with Crippen molar-refractivity contribution in [1.29, 1.82) is 0 Å². The summed E-state index contributed by atoms with van der Waals surface area (Å²) in [6.07, 6.45) is 1.71. The molecule has 10 heteroatoms. The van der Waals surface area contributed by atoms with Gasteiger partial charge in [-0.3, -0.25) is 5.10 Å². The van der Waals surface area contributed by atoms with Crippen LogP contribution in [0.1, 0.15) is 10.5 Å². The largest absolute Gasteiger partial charge is 1.00 e. The molecular formula is C10H6ClN6NaO2. The topological polar surface area (TPSA) is 111 Å². The van der Waals surface area contributed by atoms with Gasteiger partial charge in [0.2, 0.25) is 5.28 Å². The molecule has 3 aromatic rings. The first-order valence-corrected chi connectivity index (χ1v) is 5.56. The molecule has 0 bridgehead atoms. The summed E-state index contributed by atoms with van der Waals surface area (Å²) >= 11 is 5.79. The first-order valence-electron chi connectivity index (χ1n) is 5.18. The van der Waals surface area contributed by atoms with E-state index in [-0.39, 0.29) is 46.4 Å². The molecule has 96 valence electrons. The van der Waals surface area contributed by atoms with Crippen LogP contribution in [0.2, 0.25) is 5.28 Å². The maximum Gasteiger partial charge on any atom is 1.00 e. The molecule has 0 atom stereocenters. The Bertz CT molecular complexity index is 770. The Labute approximate surface area is 139 Å². The minimum atomic E-state index is -1.34. The van der Waals surface area contributed by atoms with Crippen LogP contribution in [0, 0.1) is 0 Å². The van der Waals surface area contributed by atoms with Crippen LogP contribution >= 0.6 is 11.6 Å². The summed E-state index contributed by atoms with van der Waals surface area (Å²) in [5.41, 5.74) is 0.552. The van der Waals surface area contributed by atoms with Gasteiger partial charge in [-0.05, 0) is 23.7 Å². The van der Waals surface area contributed by atoms with E-state index in [1.165, 1.54) is 6.07 Å². The second-order valence-corrected chi connectivity index (χ2v) is 3.98. The average Bonchev–Trinajstić information content (AvgIpc) is 2.96. The number of carboxylic acids is 1. The normalized spacial score (nSPS) is 10.2. The quantitative estimate of drug-likeness (QED) is 0.506. The molecule has 20 heavy (non-hydrogen) atoms. The van der Waals surface area contributed by atoms with Crippen LogP contribution in [-0.2, 0) is 0 Å². The molecule has 0 aromatic carbocycles. The summed E-state index contributed by atoms with van der Waals surface area (Å²) in [4.78, 5) is 14.7. The Hall–Kier alpha value is -1.61. The molecule has 2 N–H and O–H groups in total. The third-order valence-electron chi connectivity index (χ3n) is 2.41. The van der Waals surface area contributed by atoms with Crippen molar-refractivity contribution in [1.82, 2.24) is 24.8 Å². The zero-order valence-electron chi connectivity index (χ0n) is 10.3. The molecule has 0 saturated heterocycles. The van der Waals surface area contributed by atoms with E-state index in [0.717, 1.165) is 0 Å². The Morgan fingerprint density at radius 2 is 2.30 bits per heavy atom. The SMILES string of the molecule is O=C([O-])c1cc(Nc2nc(Cl)nn3cccc23)n[nH]1.[Na+]. The number of carbonyl (C=O) groups excluding carboxylic acids is 1. The second-order valence-electron chi connectivity index (χ2n) is 3.65. The number of hydrogen-bond donors (Lipinski definition) is 2. The van der Waals surface area contributed by atoms with E-state index >= 15 is 0 Å². The number of carbonyl (C=O) groups is 1. The number of nitrogens with one attached hydrogen (secondary N) is 2. The summed E-state index contributed by atoms with van der Waals surface area (Å²) < 4.78 is 1.55. The predicted molar refractivity (Wildman–Crippen MR) is 64.2 cm³/mol. The number of carboxylic acid groups (broad SMARTS) is 1. The van der Waals surface area contributed by atoms with Gasteiger partial charge in [-0.25, -0.2) is 4.52 Å². The third kappa shape index (κ3) is 2.78. The van der Waals surface area contributed by atoms with Crippen molar-refractivity contribution >= 4 is 34.7 Å². The molecule has 0 saturated carbocycles. The third-order valence-corrected chi connectivity index (χ3v) is 2.57. The number of H-pyrrole nitrogens is 1. The van der Waals surface area contributed by atoms with Crippen LogP contribution in [-0.4, -0.2) is 30.8 Å². The number of anilines is 2. The molecule has 0 spiro atoms. The van der Waals surface area contributed by atoms with Gasteiger partial charge in [-0.2, -0.15) is 10.1 Å². The summed E-state index contributed by atoms with van der Waals surface area (Å²) in [6, 6.07) is 4.86. The number of aromatic nitrogens is 5. The predicted octanol–water partition coefficient (Wildman–Crippen LogP) is -2.78. The van der Waals surface area contributed by atoms with Gasteiger partial charge >= 0.3 is 29.6 Å². The van der Waals surface area contributed by atoms with Crippen molar-refractivity contribution in [3.8, 4) is 0 Å². The van der Waals surface area contributed by atoms with Crippen LogP contribution in [0.3, 0.4) is 0 Å². The number of nitrogens with zero attached hydrogens (tertiary/aromatic N) is 4. The fourth-order valence-corrected chi connectivity index (χ4v) is 1.78. The maximum absolute atomic E-state index is 10.6. The number of aromatic carboxylic acids is 1. The Morgan fingerprint density at radius 3 is 3.00 bits per heavy atom. The molecule has 0 fully saturated rings. The van der Waals surface area contributed by atoms with Crippen molar-refractivity contribution < 1.29 is 39.5 Å². The number of rotatable bonds is 3. The molecule has 0 amide bonds. The van der Waals surface area contributed by atoms with E-state index < -0.39 is 5.97 Å². The molecule has 0 aliphatic heterocycles. The van der Waals surface area contributed by atoms with E-state index in [0.29, 0.717) is 11.3 Å². The van der Waals surface area contributed by atoms with Crippen molar-refractivity contribution in [3.05, 3.63) is 35.4 Å². The van der Waals surface area contributed by atoms with Crippen molar-refractivity contribution in [3.63, 3.8) is 0 Å². The van der Waals surface area contributed by atoms with Gasteiger partial charge in [0.1, 0.15) is 5.52 Å². The fraction of sp³-hybridized carbons (Fsp3) is 0. The van der Waals surface area contributed by atoms with Crippen LogP contribution < -0.4 is 40.0 Å². The summed E-state index contributed by atoms with van der Waals surface area (Å²) in [5, 5.41) is 23.6. The van der Waals surface area contributed by atoms with Gasteiger partial charge in [-0.15, -0.1) is 5.10 Å². The molecule has 8 nitrogen and oxygen atoms in total. The standard InChI is InChI=1S/C10H7ClN6O2.Na/c11-10-13-8(6-2-1-3-17(6)16-10)12-7-4-5(9(18)19)14-15-7;/h1-4H,(H,18,19)(H2,12,13,14,15,16);/q;+1/p-1. The summed E-state index contributed by atoms with van der Waals surface area (Å²) in [5.74, 6) is -0.632. The molecule has 3 heterocycles. The molecule has 0 unspecified atom stereocenters. The summed E-state index contributed by atoms with van der Waals surface area (Å²) in [6.45, 7) is 0. The van der Waals surface area contributed by atoms with Crippen molar-refractivity contribution in [2.75, 3.05) is 5.32 Å². The first kappa shape index (κ1) is 14.8. The van der Waals surface area contributed by atoms with E-state index in [9.17, 15) is 9.90 Å². The van der Waals surface area contributed by atoms with Gasteiger partial charge in [0.25, 0.3) is 0 Å². The van der Waals surface area contributed by atoms with Gasteiger partial charge in [-0.1, -0.05) is 0 Å². The van der Waals surface area contributed by atoms with Crippen molar-refractivity contribution in [2.45, 2.75) is 0 Å². The smallest absolute Gasteiger partial charge is 0.543 e. The number of aromatic amines is 1. The Balaban J connectivity index is 0.00000147. The zero-order chi connectivity index (χ0) is 13.4. The van der Waals surface area contributed by atoms with E-state index in [1.54, 1.807) is 22.8 Å². The molecule has 0 aliphatic carbocycles. The van der Waals surface area contributed by atoms with Gasteiger partial charge in [0.05, 0.1) is 11.7 Å². The first-order chi connectivity index (χ1) is 9.13. The van der Waals surface area contributed by atoms with Gasteiger partial charge in [0, 0.05) is 12.3 Å². The van der Waals surface area contributed by atoms with E-state index in [1.807, 2.05) is 0 Å². The van der Waals surface area contributed by atoms with Crippen LogP contribution in [0.4, 0.5) is 11.6 Å². The molecule has 3 rings (SSSR count). The van der Waals surface area contributed by atoms with Crippen molar-refractivity contribution in [2.24, 2.45) is 0 Å². The van der Waals surface area contributed by atoms with E-state index in [2.05, 4.69) is 25.6 Å². The average molecular weight is 301 g/mol. The second kappa shape index (κ2) is 5.80. The Morgan fingerprint density at radius 1 is 1.50 bits per heavy atom. The maximum atomic E-state index is 10.6. The minimum Gasteiger partial charge on any atom is -0.543 e. The number of halogens is 1. The molecule has 0 radical (unpaired) electrons. The van der Waals surface area contributed by atoms with Gasteiger partial charge < -0.3 is 15.2 Å². The Kier molecular flexibility index (Phi) is 4.29. The van der Waals surface area contributed by atoms with Crippen LogP contribution in [0.5, 0.6) is 0 Å². The van der Waals surface area contributed by atoms with E-state index in [4.69, 9.17) is 11.6 Å². The molecular weight excluding hydrogens is 295 g/mol. The number of fused-ring (bicyclic) bond motifs is 1. The molecule has 3 aromatic heterocycles. The van der Waals surface area contributed by atoms with Gasteiger partial charge in [0.15, 0.2) is 11.6 Å². The minimum absolute atomic E-state index is 0.